The van der Waals surface area contributed by atoms with Gasteiger partial charge in [-0.2, -0.15) is 0 Å². The van der Waals surface area contributed by atoms with Crippen molar-refractivity contribution in [1.29, 1.82) is 0 Å². The molecule has 0 radical (unpaired) electrons. The molecule has 18 heavy (non-hydrogen) atoms. The van der Waals surface area contributed by atoms with Crippen LogP contribution in [0.5, 0.6) is 0 Å². The summed E-state index contributed by atoms with van der Waals surface area (Å²) in [5.41, 5.74) is 1.44. The summed E-state index contributed by atoms with van der Waals surface area (Å²) < 4.78 is 0. The molecular formula is C17H37P. The van der Waals surface area contributed by atoms with E-state index in [1.807, 2.05) is 0 Å². The zero-order chi connectivity index (χ0) is 13.9. The second-order valence-electron chi connectivity index (χ2n) is 5.98. The third-order valence-electron chi connectivity index (χ3n) is 4.84. The summed E-state index contributed by atoms with van der Waals surface area (Å²) in [5.74, 6) is 0. The summed E-state index contributed by atoms with van der Waals surface area (Å²) in [5, 5.41) is 0. The topological polar surface area (TPSA) is 0 Å². The molecule has 0 fully saturated rings. The first kappa shape index (κ1) is 18.4. The van der Waals surface area contributed by atoms with Crippen molar-refractivity contribution in [2.75, 3.05) is 0 Å². The molecule has 0 aromatic carbocycles. The molecule has 0 aliphatic rings. The molecule has 110 valence electrons. The largest absolute Gasteiger partial charge is 0.134 e. The highest BCUT2D eigenvalue weighted by Crippen LogP contribution is 2.42. The first-order valence-electron chi connectivity index (χ1n) is 8.42. The van der Waals surface area contributed by atoms with Gasteiger partial charge in [-0.25, -0.2) is 0 Å². The highest BCUT2D eigenvalue weighted by molar-refractivity contribution is 7.17. The molecule has 0 spiro atoms. The van der Waals surface area contributed by atoms with Gasteiger partial charge in [-0.15, -0.1) is 9.24 Å². The van der Waals surface area contributed by atoms with Gasteiger partial charge in [0.15, 0.2) is 0 Å². The van der Waals surface area contributed by atoms with E-state index in [2.05, 4.69) is 36.9 Å². The summed E-state index contributed by atoms with van der Waals surface area (Å²) in [4.78, 5) is 0. The lowest BCUT2D eigenvalue weighted by molar-refractivity contribution is 0.212. The predicted octanol–water partition coefficient (Wildman–Crippen LogP) is 6.59. The molecule has 0 heterocycles. The molecule has 0 saturated heterocycles. The van der Waals surface area contributed by atoms with Gasteiger partial charge in [-0.05, 0) is 36.8 Å². The highest BCUT2D eigenvalue weighted by Gasteiger charge is 2.31. The fourth-order valence-electron chi connectivity index (χ4n) is 3.14. The van der Waals surface area contributed by atoms with Gasteiger partial charge >= 0.3 is 0 Å². The maximum Gasteiger partial charge on any atom is -0.0208 e. The van der Waals surface area contributed by atoms with E-state index in [4.69, 9.17) is 0 Å². The number of hydrogen-bond donors (Lipinski definition) is 0. The normalized spacial score (nSPS) is 13.8. The Kier molecular flexibility index (Phi) is 11.5. The maximum absolute atomic E-state index is 3.19. The Labute approximate surface area is 119 Å². The van der Waals surface area contributed by atoms with Gasteiger partial charge in [0.25, 0.3) is 0 Å². The van der Waals surface area contributed by atoms with Crippen LogP contribution in [0.1, 0.15) is 98.3 Å². The Morgan fingerprint density at radius 3 is 1.83 bits per heavy atom. The minimum absolute atomic E-state index is 0.603. The van der Waals surface area contributed by atoms with Crippen molar-refractivity contribution in [2.45, 2.75) is 104 Å². The van der Waals surface area contributed by atoms with Crippen molar-refractivity contribution >= 4 is 9.24 Å². The molecule has 1 heteroatoms. The first-order chi connectivity index (χ1) is 8.66. The Morgan fingerprint density at radius 2 is 1.33 bits per heavy atom. The van der Waals surface area contributed by atoms with Gasteiger partial charge in [0.05, 0.1) is 0 Å². The standard InChI is InChI=1S/C17H37P/c1-5-9-11-12-14-16(18)17(7-3,8-4)15-13-10-6-2/h16H,5-15,18H2,1-4H3. The van der Waals surface area contributed by atoms with Crippen molar-refractivity contribution in [3.8, 4) is 0 Å². The lowest BCUT2D eigenvalue weighted by Gasteiger charge is -2.38. The molecule has 0 bridgehead atoms. The summed E-state index contributed by atoms with van der Waals surface area (Å²) in [6.45, 7) is 9.41. The summed E-state index contributed by atoms with van der Waals surface area (Å²) >= 11 is 0. The van der Waals surface area contributed by atoms with E-state index in [-0.39, 0.29) is 0 Å². The zero-order valence-corrected chi connectivity index (χ0v) is 14.6. The van der Waals surface area contributed by atoms with Crippen molar-refractivity contribution < 1.29 is 0 Å². The monoisotopic (exact) mass is 272 g/mol. The molecule has 0 aliphatic carbocycles. The summed E-state index contributed by atoms with van der Waals surface area (Å²) in [6.07, 6.45) is 15.4. The number of rotatable bonds is 12. The smallest absolute Gasteiger partial charge is 0.0208 e. The van der Waals surface area contributed by atoms with Crippen LogP contribution < -0.4 is 0 Å². The van der Waals surface area contributed by atoms with Crippen LogP contribution in [0.4, 0.5) is 0 Å². The van der Waals surface area contributed by atoms with Crippen LogP contribution in [-0.4, -0.2) is 5.66 Å². The number of hydrogen-bond acceptors (Lipinski definition) is 0. The fraction of sp³-hybridized carbons (Fsp3) is 1.00. The van der Waals surface area contributed by atoms with Crippen LogP contribution in [0.25, 0.3) is 0 Å². The van der Waals surface area contributed by atoms with Crippen molar-refractivity contribution in [2.24, 2.45) is 5.41 Å². The van der Waals surface area contributed by atoms with Gasteiger partial charge in [0.1, 0.15) is 0 Å². The molecule has 0 nitrogen and oxygen atoms in total. The van der Waals surface area contributed by atoms with E-state index in [0.29, 0.717) is 5.41 Å². The zero-order valence-electron chi connectivity index (χ0n) is 13.4. The fourth-order valence-corrected chi connectivity index (χ4v) is 4.01. The lowest BCUT2D eigenvalue weighted by Crippen LogP contribution is -2.30. The molecule has 0 saturated carbocycles. The average Bonchev–Trinajstić information content (AvgIpc) is 2.40. The van der Waals surface area contributed by atoms with Crippen LogP contribution in [0, 0.1) is 5.41 Å². The number of unbranched alkanes of at least 4 members (excludes halogenated alkanes) is 5. The van der Waals surface area contributed by atoms with Crippen LogP contribution >= 0.6 is 9.24 Å². The molecule has 0 rings (SSSR count). The van der Waals surface area contributed by atoms with Crippen molar-refractivity contribution in [3.05, 3.63) is 0 Å². The maximum atomic E-state index is 3.19. The Bertz CT molecular complexity index is 172. The minimum atomic E-state index is 0.603. The third kappa shape index (κ3) is 6.55. The predicted molar refractivity (Wildman–Crippen MR) is 89.4 cm³/mol. The molecule has 0 aromatic heterocycles. The van der Waals surface area contributed by atoms with E-state index >= 15 is 0 Å². The van der Waals surface area contributed by atoms with Gasteiger partial charge in [0.2, 0.25) is 0 Å². The van der Waals surface area contributed by atoms with E-state index in [1.54, 1.807) is 0 Å². The van der Waals surface area contributed by atoms with Crippen LogP contribution in [0.3, 0.4) is 0 Å². The van der Waals surface area contributed by atoms with E-state index < -0.39 is 0 Å². The molecule has 0 amide bonds. The Hall–Kier alpha value is 0.430. The van der Waals surface area contributed by atoms with Crippen LogP contribution in [-0.2, 0) is 0 Å². The second kappa shape index (κ2) is 11.3. The lowest BCUT2D eigenvalue weighted by atomic mass is 9.73. The van der Waals surface area contributed by atoms with Gasteiger partial charge < -0.3 is 0 Å². The molecule has 0 aromatic rings. The molecule has 2 atom stereocenters. The Balaban J connectivity index is 4.18. The van der Waals surface area contributed by atoms with E-state index in [9.17, 15) is 0 Å². The Morgan fingerprint density at radius 1 is 0.778 bits per heavy atom. The van der Waals surface area contributed by atoms with Crippen molar-refractivity contribution in [1.82, 2.24) is 0 Å². The highest BCUT2D eigenvalue weighted by atomic mass is 31.0. The van der Waals surface area contributed by atoms with E-state index in [1.165, 1.54) is 70.6 Å². The SMILES string of the molecule is CCCCCCC(P)C(CC)(CC)CCCCC. The molecule has 0 N–H and O–H groups in total. The first-order valence-corrected chi connectivity index (χ1v) is 9.09. The molecule has 2 unspecified atom stereocenters. The van der Waals surface area contributed by atoms with Gasteiger partial charge in [-0.3, -0.25) is 0 Å². The quantitative estimate of drug-likeness (QED) is 0.278. The van der Waals surface area contributed by atoms with Crippen molar-refractivity contribution in [3.63, 3.8) is 0 Å². The molecular weight excluding hydrogens is 235 g/mol. The second-order valence-corrected chi connectivity index (χ2v) is 6.79. The molecule has 0 aliphatic heterocycles. The summed E-state index contributed by atoms with van der Waals surface area (Å²) in [6, 6.07) is 0. The third-order valence-corrected chi connectivity index (χ3v) is 5.88. The minimum Gasteiger partial charge on any atom is -0.134 e. The van der Waals surface area contributed by atoms with E-state index in [0.717, 1.165) is 5.66 Å². The summed E-state index contributed by atoms with van der Waals surface area (Å²) in [7, 11) is 3.19. The van der Waals surface area contributed by atoms with Gasteiger partial charge in [0, 0.05) is 0 Å². The van der Waals surface area contributed by atoms with Crippen LogP contribution in [0.2, 0.25) is 0 Å². The average molecular weight is 272 g/mol. The van der Waals surface area contributed by atoms with Crippen LogP contribution in [0.15, 0.2) is 0 Å². The van der Waals surface area contributed by atoms with Gasteiger partial charge in [-0.1, -0.05) is 72.6 Å².